The zero-order chi connectivity index (χ0) is 13.8. The average Bonchev–Trinajstić information content (AvgIpc) is 2.42. The first kappa shape index (κ1) is 13.6. The molecule has 0 aliphatic carbocycles. The van der Waals surface area contributed by atoms with E-state index >= 15 is 0 Å². The number of halogens is 1. The predicted octanol–water partition coefficient (Wildman–Crippen LogP) is 2.65. The maximum atomic E-state index is 11.7. The number of nitrogen functional groups attached to an aromatic ring is 1. The number of rotatable bonds is 3. The number of hydrogen-bond donors (Lipinski definition) is 1. The van der Waals surface area contributed by atoms with E-state index in [1.54, 1.807) is 24.5 Å². The van der Waals surface area contributed by atoms with Gasteiger partial charge in [-0.1, -0.05) is 11.6 Å². The van der Waals surface area contributed by atoms with Crippen LogP contribution in [-0.4, -0.2) is 23.0 Å². The third-order valence-corrected chi connectivity index (χ3v) is 3.65. The zero-order valence-corrected chi connectivity index (χ0v) is 11.5. The molecule has 5 nitrogen and oxygen atoms in total. The van der Waals surface area contributed by atoms with Gasteiger partial charge in [0.25, 0.3) is 0 Å². The molecule has 0 spiro atoms. The highest BCUT2D eigenvalue weighted by Gasteiger charge is 2.18. The number of carbonyl (C=O) groups is 1. The smallest absolute Gasteiger partial charge is 0.339 e. The molecule has 0 aliphatic heterocycles. The second-order valence-electron chi connectivity index (χ2n) is 3.50. The molecule has 0 bridgehead atoms. The van der Waals surface area contributed by atoms with Crippen molar-refractivity contribution in [2.45, 2.75) is 10.1 Å². The second kappa shape index (κ2) is 5.90. The SMILES string of the molecule is COC(=O)c1cc(N)cc(Cl)c1Sc1ncccn1. The lowest BCUT2D eigenvalue weighted by Crippen LogP contribution is -2.05. The number of hydrogen-bond acceptors (Lipinski definition) is 6. The van der Waals surface area contributed by atoms with Crippen LogP contribution in [0.3, 0.4) is 0 Å². The molecule has 2 aromatic rings. The molecule has 0 aliphatic rings. The summed E-state index contributed by atoms with van der Waals surface area (Å²) in [6.07, 6.45) is 3.22. The monoisotopic (exact) mass is 295 g/mol. The standard InChI is InChI=1S/C12H10ClN3O2S/c1-18-11(17)8-5-7(14)6-9(13)10(8)19-12-15-3-2-4-16-12/h2-6H,14H2,1H3. The number of methoxy groups -OCH3 is 1. The van der Waals surface area contributed by atoms with Crippen LogP contribution in [0.4, 0.5) is 5.69 Å². The van der Waals surface area contributed by atoms with E-state index in [1.807, 2.05) is 0 Å². The van der Waals surface area contributed by atoms with E-state index in [2.05, 4.69) is 9.97 Å². The normalized spacial score (nSPS) is 10.2. The Bertz CT molecular complexity index is 607. The largest absolute Gasteiger partial charge is 0.465 e. The summed E-state index contributed by atoms with van der Waals surface area (Å²) in [7, 11) is 1.30. The van der Waals surface area contributed by atoms with Crippen LogP contribution in [0.15, 0.2) is 40.6 Å². The quantitative estimate of drug-likeness (QED) is 0.533. The Kier molecular flexibility index (Phi) is 4.24. The maximum Gasteiger partial charge on any atom is 0.339 e. The van der Waals surface area contributed by atoms with Crippen molar-refractivity contribution in [3.05, 3.63) is 41.2 Å². The van der Waals surface area contributed by atoms with Gasteiger partial charge in [-0.3, -0.25) is 0 Å². The van der Waals surface area contributed by atoms with Crippen molar-refractivity contribution in [3.8, 4) is 0 Å². The summed E-state index contributed by atoms with van der Waals surface area (Å²) in [6.45, 7) is 0. The maximum absolute atomic E-state index is 11.7. The first-order chi connectivity index (χ1) is 9.11. The topological polar surface area (TPSA) is 78.1 Å². The van der Waals surface area contributed by atoms with Crippen LogP contribution in [0.5, 0.6) is 0 Å². The van der Waals surface area contributed by atoms with Gasteiger partial charge in [0, 0.05) is 23.0 Å². The lowest BCUT2D eigenvalue weighted by molar-refractivity contribution is 0.0597. The minimum absolute atomic E-state index is 0.296. The zero-order valence-electron chi connectivity index (χ0n) is 9.96. The van der Waals surface area contributed by atoms with Crippen molar-refractivity contribution in [2.24, 2.45) is 0 Å². The molecule has 1 heterocycles. The Morgan fingerprint density at radius 1 is 1.37 bits per heavy atom. The van der Waals surface area contributed by atoms with E-state index in [9.17, 15) is 4.79 Å². The van der Waals surface area contributed by atoms with Crippen LogP contribution in [0.1, 0.15) is 10.4 Å². The lowest BCUT2D eigenvalue weighted by atomic mass is 10.2. The van der Waals surface area contributed by atoms with Gasteiger partial charge in [0.15, 0.2) is 5.16 Å². The fourth-order valence-corrected chi connectivity index (χ4v) is 2.57. The Labute approximate surface area is 119 Å². The average molecular weight is 296 g/mol. The number of nitrogens with two attached hydrogens (primary N) is 1. The number of carbonyl (C=O) groups excluding carboxylic acids is 1. The number of benzene rings is 1. The molecule has 2 rings (SSSR count). The Morgan fingerprint density at radius 2 is 2.05 bits per heavy atom. The van der Waals surface area contributed by atoms with Crippen molar-refractivity contribution < 1.29 is 9.53 Å². The highest BCUT2D eigenvalue weighted by molar-refractivity contribution is 7.99. The molecule has 0 saturated heterocycles. The van der Waals surface area contributed by atoms with E-state index in [1.165, 1.54) is 24.9 Å². The molecule has 98 valence electrons. The van der Waals surface area contributed by atoms with Crippen molar-refractivity contribution in [1.29, 1.82) is 0 Å². The van der Waals surface area contributed by atoms with Gasteiger partial charge in [-0.05, 0) is 30.0 Å². The summed E-state index contributed by atoms with van der Waals surface area (Å²) in [6, 6.07) is 4.79. The third-order valence-electron chi connectivity index (χ3n) is 2.21. The number of anilines is 1. The van der Waals surface area contributed by atoms with Gasteiger partial charge in [-0.15, -0.1) is 0 Å². The van der Waals surface area contributed by atoms with Crippen LogP contribution in [0.2, 0.25) is 5.02 Å². The van der Waals surface area contributed by atoms with Gasteiger partial charge in [-0.25, -0.2) is 14.8 Å². The minimum Gasteiger partial charge on any atom is -0.465 e. The number of esters is 1. The molecule has 0 unspecified atom stereocenters. The van der Waals surface area contributed by atoms with Crippen LogP contribution in [0.25, 0.3) is 0 Å². The minimum atomic E-state index is -0.507. The van der Waals surface area contributed by atoms with Gasteiger partial charge in [-0.2, -0.15) is 0 Å². The fraction of sp³-hybridized carbons (Fsp3) is 0.0833. The van der Waals surface area contributed by atoms with Crippen molar-refractivity contribution in [2.75, 3.05) is 12.8 Å². The first-order valence-electron chi connectivity index (χ1n) is 5.24. The summed E-state index contributed by atoms with van der Waals surface area (Å²) in [5, 5.41) is 0.845. The van der Waals surface area contributed by atoms with Crippen molar-refractivity contribution in [3.63, 3.8) is 0 Å². The van der Waals surface area contributed by atoms with Gasteiger partial charge < -0.3 is 10.5 Å². The van der Waals surface area contributed by atoms with Crippen molar-refractivity contribution >= 4 is 35.0 Å². The van der Waals surface area contributed by atoms with Crippen molar-refractivity contribution in [1.82, 2.24) is 9.97 Å². The Balaban J connectivity index is 2.46. The molecular weight excluding hydrogens is 286 g/mol. The van der Waals surface area contributed by atoms with E-state index in [0.29, 0.717) is 26.3 Å². The van der Waals surface area contributed by atoms with Crippen LogP contribution < -0.4 is 5.73 Å². The molecule has 7 heteroatoms. The number of ether oxygens (including phenoxy) is 1. The second-order valence-corrected chi connectivity index (χ2v) is 4.89. The molecule has 19 heavy (non-hydrogen) atoms. The fourth-order valence-electron chi connectivity index (χ4n) is 1.41. The van der Waals surface area contributed by atoms with Gasteiger partial charge in [0.2, 0.25) is 0 Å². The third kappa shape index (κ3) is 3.15. The summed E-state index contributed by atoms with van der Waals surface area (Å²) in [5.41, 5.74) is 6.37. The highest BCUT2D eigenvalue weighted by Crippen LogP contribution is 2.36. The molecular formula is C12H10ClN3O2S. The predicted molar refractivity (Wildman–Crippen MR) is 73.4 cm³/mol. The summed E-state index contributed by atoms with van der Waals surface area (Å²) >= 11 is 7.30. The van der Waals surface area contributed by atoms with Gasteiger partial charge >= 0.3 is 5.97 Å². The first-order valence-corrected chi connectivity index (χ1v) is 6.43. The van der Waals surface area contributed by atoms with Gasteiger partial charge in [0.05, 0.1) is 17.7 Å². The molecule has 0 atom stereocenters. The molecule has 0 fully saturated rings. The molecule has 2 N–H and O–H groups in total. The van der Waals surface area contributed by atoms with Crippen LogP contribution in [0, 0.1) is 0 Å². The summed E-state index contributed by atoms with van der Waals surface area (Å²) < 4.78 is 4.72. The number of aromatic nitrogens is 2. The van der Waals surface area contributed by atoms with E-state index < -0.39 is 5.97 Å². The van der Waals surface area contributed by atoms with E-state index in [-0.39, 0.29) is 0 Å². The van der Waals surface area contributed by atoms with E-state index in [4.69, 9.17) is 22.1 Å². The lowest BCUT2D eigenvalue weighted by Gasteiger charge is -2.09. The molecule has 1 aromatic heterocycles. The molecule has 0 radical (unpaired) electrons. The summed E-state index contributed by atoms with van der Waals surface area (Å²) in [4.78, 5) is 20.4. The molecule has 0 amide bonds. The molecule has 0 saturated carbocycles. The highest BCUT2D eigenvalue weighted by atomic mass is 35.5. The number of nitrogens with zero attached hydrogens (tertiary/aromatic N) is 2. The Morgan fingerprint density at radius 3 is 2.68 bits per heavy atom. The Hall–Kier alpha value is -1.79. The van der Waals surface area contributed by atoms with Crippen LogP contribution in [-0.2, 0) is 4.74 Å². The van der Waals surface area contributed by atoms with E-state index in [0.717, 1.165) is 0 Å². The molecule has 1 aromatic carbocycles. The summed E-state index contributed by atoms with van der Waals surface area (Å²) in [5.74, 6) is -0.507. The van der Waals surface area contributed by atoms with Crippen LogP contribution >= 0.6 is 23.4 Å². The van der Waals surface area contributed by atoms with Gasteiger partial charge in [0.1, 0.15) is 0 Å².